The van der Waals surface area contributed by atoms with E-state index in [0.717, 1.165) is 36.2 Å². The smallest absolute Gasteiger partial charge is 0.257 e. The first-order valence-corrected chi connectivity index (χ1v) is 8.27. The maximum absolute atomic E-state index is 12.2. The minimum absolute atomic E-state index is 0.137. The van der Waals surface area contributed by atoms with Crippen molar-refractivity contribution in [1.29, 1.82) is 0 Å². The molecule has 2 aromatic rings. The fourth-order valence-electron chi connectivity index (χ4n) is 2.32. The van der Waals surface area contributed by atoms with Gasteiger partial charge in [-0.2, -0.15) is 0 Å². The number of halogens is 1. The second-order valence-electron chi connectivity index (χ2n) is 5.28. The van der Waals surface area contributed by atoms with Crippen molar-refractivity contribution in [2.45, 2.75) is 18.9 Å². The van der Waals surface area contributed by atoms with Crippen LogP contribution >= 0.6 is 15.9 Å². The lowest BCUT2D eigenvalue weighted by Crippen LogP contribution is -2.26. The van der Waals surface area contributed by atoms with Crippen LogP contribution in [0.3, 0.4) is 0 Å². The molecule has 6 heteroatoms. The fraction of sp³-hybridized carbons (Fsp3) is 0.294. The Balaban J connectivity index is 1.60. The number of nitrogens with zero attached hydrogens (tertiary/aromatic N) is 1. The van der Waals surface area contributed by atoms with Crippen molar-refractivity contribution in [2.24, 2.45) is 0 Å². The zero-order valence-electron chi connectivity index (χ0n) is 12.5. The average Bonchev–Trinajstić information content (AvgIpc) is 2.56. The highest BCUT2D eigenvalue weighted by Gasteiger charge is 2.16. The Bertz CT molecular complexity index is 670. The summed E-state index contributed by atoms with van der Waals surface area (Å²) in [6.45, 7) is 1.44. The quantitative estimate of drug-likeness (QED) is 0.884. The summed E-state index contributed by atoms with van der Waals surface area (Å²) in [7, 11) is 0. The molecule has 0 aliphatic carbocycles. The molecule has 1 fully saturated rings. The number of rotatable bonds is 4. The van der Waals surface area contributed by atoms with E-state index in [0.29, 0.717) is 11.4 Å². The molecule has 1 aromatic heterocycles. The van der Waals surface area contributed by atoms with Gasteiger partial charge in [-0.3, -0.25) is 4.79 Å². The summed E-state index contributed by atoms with van der Waals surface area (Å²) in [4.78, 5) is 16.4. The summed E-state index contributed by atoms with van der Waals surface area (Å²) in [5.74, 6) is 0.337. The van der Waals surface area contributed by atoms with Crippen LogP contribution in [-0.2, 0) is 4.74 Å². The Morgan fingerprint density at radius 3 is 2.78 bits per heavy atom. The fourth-order valence-corrected chi connectivity index (χ4v) is 2.72. The monoisotopic (exact) mass is 376 g/mol. The van der Waals surface area contributed by atoms with Crippen LogP contribution in [0.15, 0.2) is 47.1 Å². The Kier molecular flexibility index (Phi) is 5.25. The number of hydrogen-bond donors (Lipinski definition) is 1. The topological polar surface area (TPSA) is 60.5 Å². The number of carbonyl (C=O) groups excluding carboxylic acids is 1. The van der Waals surface area contributed by atoms with Crippen molar-refractivity contribution in [1.82, 2.24) is 4.98 Å². The molecule has 0 atom stereocenters. The number of nitrogens with one attached hydrogen (secondary N) is 1. The third-order valence-electron chi connectivity index (χ3n) is 3.54. The number of carbonyl (C=O) groups is 1. The first kappa shape index (κ1) is 16.0. The minimum Gasteiger partial charge on any atom is -0.474 e. The first-order chi connectivity index (χ1) is 11.2. The third-order valence-corrected chi connectivity index (χ3v) is 4.03. The van der Waals surface area contributed by atoms with Gasteiger partial charge in [0.25, 0.3) is 5.91 Å². The minimum atomic E-state index is -0.201. The van der Waals surface area contributed by atoms with Gasteiger partial charge in [-0.05, 0) is 24.3 Å². The highest BCUT2D eigenvalue weighted by Crippen LogP contribution is 2.18. The molecule has 2 heterocycles. The number of anilines is 1. The molecule has 23 heavy (non-hydrogen) atoms. The van der Waals surface area contributed by atoms with E-state index < -0.39 is 0 Å². The molecular weight excluding hydrogens is 360 g/mol. The summed E-state index contributed by atoms with van der Waals surface area (Å²) in [5.41, 5.74) is 1.22. The van der Waals surface area contributed by atoms with E-state index in [1.165, 1.54) is 6.20 Å². The number of aromatic nitrogens is 1. The summed E-state index contributed by atoms with van der Waals surface area (Å²) in [5, 5.41) is 2.83. The van der Waals surface area contributed by atoms with Crippen LogP contribution < -0.4 is 10.1 Å². The van der Waals surface area contributed by atoms with Crippen LogP contribution in [0, 0.1) is 0 Å². The standard InChI is InChI=1S/C17H17BrN2O3/c18-13-2-1-3-14(10-13)20-17(21)12-4-5-16(19-11-12)23-15-6-8-22-9-7-15/h1-5,10-11,15H,6-9H2,(H,20,21). The SMILES string of the molecule is O=C(Nc1cccc(Br)c1)c1ccc(OC2CCOCC2)nc1. The Morgan fingerprint density at radius 1 is 1.26 bits per heavy atom. The van der Waals surface area contributed by atoms with E-state index in [2.05, 4.69) is 26.2 Å². The van der Waals surface area contributed by atoms with Gasteiger partial charge in [-0.25, -0.2) is 4.98 Å². The molecule has 1 saturated heterocycles. The van der Waals surface area contributed by atoms with Gasteiger partial charge in [0.1, 0.15) is 6.10 Å². The molecule has 1 aliphatic heterocycles. The van der Waals surface area contributed by atoms with E-state index >= 15 is 0 Å². The van der Waals surface area contributed by atoms with Crippen molar-refractivity contribution in [3.05, 3.63) is 52.6 Å². The van der Waals surface area contributed by atoms with E-state index in [-0.39, 0.29) is 12.0 Å². The lowest BCUT2D eigenvalue weighted by molar-refractivity contribution is 0.0237. The van der Waals surface area contributed by atoms with Gasteiger partial charge in [-0.1, -0.05) is 22.0 Å². The predicted octanol–water partition coefficient (Wildman–Crippen LogP) is 3.65. The number of amides is 1. The molecule has 0 bridgehead atoms. The van der Waals surface area contributed by atoms with Crippen molar-refractivity contribution in [3.63, 3.8) is 0 Å². The maximum atomic E-state index is 12.2. The predicted molar refractivity (Wildman–Crippen MR) is 90.8 cm³/mol. The average molecular weight is 377 g/mol. The van der Waals surface area contributed by atoms with Gasteiger partial charge >= 0.3 is 0 Å². The van der Waals surface area contributed by atoms with Gasteiger partial charge in [-0.15, -0.1) is 0 Å². The first-order valence-electron chi connectivity index (χ1n) is 7.48. The Hall–Kier alpha value is -1.92. The van der Waals surface area contributed by atoms with Crippen LogP contribution in [0.4, 0.5) is 5.69 Å². The highest BCUT2D eigenvalue weighted by molar-refractivity contribution is 9.10. The van der Waals surface area contributed by atoms with Crippen LogP contribution in [0.1, 0.15) is 23.2 Å². The van der Waals surface area contributed by atoms with Crippen LogP contribution in [0.5, 0.6) is 5.88 Å². The molecule has 1 aromatic carbocycles. The molecule has 5 nitrogen and oxygen atoms in total. The van der Waals surface area contributed by atoms with Crippen molar-refractivity contribution in [2.75, 3.05) is 18.5 Å². The summed E-state index contributed by atoms with van der Waals surface area (Å²) in [6, 6.07) is 10.9. The van der Waals surface area contributed by atoms with Crippen LogP contribution in [-0.4, -0.2) is 30.2 Å². The van der Waals surface area contributed by atoms with Crippen LogP contribution in [0.2, 0.25) is 0 Å². The molecule has 1 N–H and O–H groups in total. The number of ether oxygens (including phenoxy) is 2. The summed E-state index contributed by atoms with van der Waals surface area (Å²) >= 11 is 3.38. The molecule has 1 aliphatic rings. The van der Waals surface area contributed by atoms with E-state index in [1.807, 2.05) is 24.3 Å². The molecule has 120 valence electrons. The summed E-state index contributed by atoms with van der Waals surface area (Å²) < 4.78 is 12.0. The van der Waals surface area contributed by atoms with Gasteiger partial charge < -0.3 is 14.8 Å². The zero-order chi connectivity index (χ0) is 16.1. The normalized spacial score (nSPS) is 15.2. The van der Waals surface area contributed by atoms with Gasteiger partial charge in [0.2, 0.25) is 5.88 Å². The highest BCUT2D eigenvalue weighted by atomic mass is 79.9. The van der Waals surface area contributed by atoms with Crippen molar-refractivity contribution < 1.29 is 14.3 Å². The van der Waals surface area contributed by atoms with Crippen molar-refractivity contribution >= 4 is 27.5 Å². The van der Waals surface area contributed by atoms with Crippen molar-refractivity contribution in [3.8, 4) is 5.88 Å². The molecule has 0 spiro atoms. The molecule has 0 unspecified atom stereocenters. The second kappa shape index (κ2) is 7.57. The lowest BCUT2D eigenvalue weighted by atomic mass is 10.1. The van der Waals surface area contributed by atoms with Gasteiger partial charge in [0.05, 0.1) is 18.8 Å². The molecular formula is C17H17BrN2O3. The molecule has 0 radical (unpaired) electrons. The molecule has 0 saturated carbocycles. The number of hydrogen-bond acceptors (Lipinski definition) is 4. The number of pyridine rings is 1. The van der Waals surface area contributed by atoms with Gasteiger partial charge in [0, 0.05) is 35.3 Å². The third kappa shape index (κ3) is 4.53. The van der Waals surface area contributed by atoms with E-state index in [9.17, 15) is 4.79 Å². The summed E-state index contributed by atoms with van der Waals surface area (Å²) in [6.07, 6.45) is 3.40. The zero-order valence-corrected chi connectivity index (χ0v) is 14.1. The number of benzene rings is 1. The lowest BCUT2D eigenvalue weighted by Gasteiger charge is -2.22. The van der Waals surface area contributed by atoms with Gasteiger partial charge in [0.15, 0.2) is 0 Å². The second-order valence-corrected chi connectivity index (χ2v) is 6.19. The van der Waals surface area contributed by atoms with Crippen LogP contribution in [0.25, 0.3) is 0 Å². The maximum Gasteiger partial charge on any atom is 0.257 e. The Morgan fingerprint density at radius 2 is 2.09 bits per heavy atom. The largest absolute Gasteiger partial charge is 0.474 e. The van der Waals surface area contributed by atoms with E-state index in [1.54, 1.807) is 12.1 Å². The molecule has 3 rings (SSSR count). The van der Waals surface area contributed by atoms with E-state index in [4.69, 9.17) is 9.47 Å². The Labute approximate surface area is 143 Å². The molecule has 1 amide bonds.